The average Bonchev–Trinajstić information content (AvgIpc) is 3.16. The Morgan fingerprint density at radius 2 is 1.97 bits per heavy atom. The first-order valence-electron chi connectivity index (χ1n) is 10.6. The van der Waals surface area contributed by atoms with Crippen LogP contribution in [-0.2, 0) is 6.18 Å². The van der Waals surface area contributed by atoms with Crippen LogP contribution in [0.25, 0.3) is 5.69 Å². The number of carbonyl (C=O) groups excluding carboxylic acids is 1. The predicted octanol–water partition coefficient (Wildman–Crippen LogP) is 4.20. The number of imidazole rings is 1. The Kier molecular flexibility index (Phi) is 5.26. The highest BCUT2D eigenvalue weighted by atomic mass is 35.5. The lowest BCUT2D eigenvalue weighted by atomic mass is 9.97. The van der Waals surface area contributed by atoms with Crippen molar-refractivity contribution in [2.24, 2.45) is 4.99 Å². The van der Waals surface area contributed by atoms with Crippen LogP contribution in [0.4, 0.5) is 17.6 Å². The number of carbonyl (C=O) groups is 1. The summed E-state index contributed by atoms with van der Waals surface area (Å²) in [6.45, 7) is 3.47. The summed E-state index contributed by atoms with van der Waals surface area (Å²) in [5, 5.41) is 9.29. The molecular formula is C23H18ClF4N5O2. The second-order valence-electron chi connectivity index (χ2n) is 8.82. The van der Waals surface area contributed by atoms with Crippen LogP contribution in [0.3, 0.4) is 0 Å². The number of hydrogen-bond donors (Lipinski definition) is 1. The third kappa shape index (κ3) is 3.88. The van der Waals surface area contributed by atoms with Gasteiger partial charge in [0.05, 0.1) is 40.7 Å². The van der Waals surface area contributed by atoms with E-state index in [1.54, 1.807) is 13.8 Å². The molecule has 0 saturated carbocycles. The number of likely N-dealkylation sites (tertiary alicyclic amines) is 1. The first-order valence-corrected chi connectivity index (χ1v) is 11.0. The lowest BCUT2D eigenvalue weighted by molar-refractivity contribution is -0.137. The topological polar surface area (TPSA) is 83.6 Å². The van der Waals surface area contributed by atoms with Crippen molar-refractivity contribution in [3.8, 4) is 5.69 Å². The SMILES string of the molecule is C[C@@H]1N=C(c2ncccc2F)c2c(ccc(C(F)(F)F)c2Cl)-n2cc(C(=O)N3CC(C)(O)C3)nc21. The van der Waals surface area contributed by atoms with E-state index >= 15 is 0 Å². The number of aliphatic imine (C=N–C) groups is 1. The molecule has 0 radical (unpaired) electrons. The van der Waals surface area contributed by atoms with Crippen molar-refractivity contribution in [3.05, 3.63) is 75.8 Å². The van der Waals surface area contributed by atoms with Crippen molar-refractivity contribution in [1.82, 2.24) is 19.4 Å². The zero-order chi connectivity index (χ0) is 25.3. The normalized spacial score (nSPS) is 18.8. The van der Waals surface area contributed by atoms with E-state index in [0.717, 1.165) is 12.1 Å². The molecule has 2 aromatic heterocycles. The molecule has 2 aliphatic rings. The standard InChI is InChI=1S/C23H18ClF4N5O2/c1-11-20-31-14(21(34)32-9-22(2,35)10-32)8-33(20)15-6-5-12(23(26,27)28)17(24)16(15)19(30-11)18-13(25)4-3-7-29-18/h3-8,11,35H,9-10H2,1-2H3/t11-/m0/s1. The van der Waals surface area contributed by atoms with Gasteiger partial charge >= 0.3 is 6.18 Å². The molecule has 1 amide bonds. The maximum Gasteiger partial charge on any atom is 0.417 e. The van der Waals surface area contributed by atoms with Crippen molar-refractivity contribution in [2.45, 2.75) is 31.7 Å². The van der Waals surface area contributed by atoms with E-state index in [4.69, 9.17) is 11.6 Å². The van der Waals surface area contributed by atoms with Crippen molar-refractivity contribution >= 4 is 23.2 Å². The summed E-state index contributed by atoms with van der Waals surface area (Å²) in [4.78, 5) is 27.2. The molecule has 0 unspecified atom stereocenters. The second-order valence-corrected chi connectivity index (χ2v) is 9.20. The van der Waals surface area contributed by atoms with Gasteiger partial charge in [-0.1, -0.05) is 11.6 Å². The lowest BCUT2D eigenvalue weighted by Gasteiger charge is -2.43. The second kappa shape index (κ2) is 7.85. The van der Waals surface area contributed by atoms with E-state index < -0.39 is 40.1 Å². The van der Waals surface area contributed by atoms with Crippen molar-refractivity contribution in [2.75, 3.05) is 13.1 Å². The monoisotopic (exact) mass is 507 g/mol. The number of rotatable bonds is 2. The van der Waals surface area contributed by atoms with Gasteiger partial charge in [0, 0.05) is 18.0 Å². The Hall–Kier alpha value is -3.31. The number of aromatic nitrogens is 3. The largest absolute Gasteiger partial charge is 0.417 e. The van der Waals surface area contributed by atoms with Gasteiger partial charge in [0.1, 0.15) is 23.3 Å². The maximum absolute atomic E-state index is 14.7. The molecule has 1 aromatic carbocycles. The molecule has 0 spiro atoms. The van der Waals surface area contributed by atoms with E-state index in [9.17, 15) is 27.5 Å². The van der Waals surface area contributed by atoms with E-state index in [0.29, 0.717) is 0 Å². The molecule has 4 heterocycles. The molecule has 7 nitrogen and oxygen atoms in total. The number of nitrogens with zero attached hydrogens (tertiary/aromatic N) is 5. The lowest BCUT2D eigenvalue weighted by Crippen LogP contribution is -2.61. The number of fused-ring (bicyclic) bond motifs is 3. The van der Waals surface area contributed by atoms with Crippen molar-refractivity contribution in [3.63, 3.8) is 0 Å². The third-order valence-electron chi connectivity index (χ3n) is 5.90. The summed E-state index contributed by atoms with van der Waals surface area (Å²) >= 11 is 6.29. The fourth-order valence-electron chi connectivity index (χ4n) is 4.33. The first-order chi connectivity index (χ1) is 16.4. The Labute approximate surface area is 201 Å². The van der Waals surface area contributed by atoms with Crippen LogP contribution in [-0.4, -0.2) is 54.9 Å². The maximum atomic E-state index is 14.7. The minimum atomic E-state index is -4.77. The summed E-state index contributed by atoms with van der Waals surface area (Å²) in [6, 6.07) is 3.70. The number of alkyl halides is 3. The molecular weight excluding hydrogens is 490 g/mol. The zero-order valence-corrected chi connectivity index (χ0v) is 19.2. The predicted molar refractivity (Wildman–Crippen MR) is 118 cm³/mol. The highest BCUT2D eigenvalue weighted by molar-refractivity contribution is 6.37. The van der Waals surface area contributed by atoms with Crippen LogP contribution in [0, 0.1) is 5.82 Å². The first kappa shape index (κ1) is 23.4. The highest BCUT2D eigenvalue weighted by Crippen LogP contribution is 2.41. The van der Waals surface area contributed by atoms with Gasteiger partial charge in [0.15, 0.2) is 5.82 Å². The summed E-state index contributed by atoms with van der Waals surface area (Å²) in [6.07, 6.45) is -2.09. The van der Waals surface area contributed by atoms with Crippen LogP contribution >= 0.6 is 11.6 Å². The van der Waals surface area contributed by atoms with Crippen LogP contribution < -0.4 is 0 Å². The smallest absolute Gasteiger partial charge is 0.386 e. The number of halogens is 5. The Bertz CT molecular complexity index is 1390. The molecule has 0 aliphatic carbocycles. The quantitative estimate of drug-likeness (QED) is 0.527. The fourth-order valence-corrected chi connectivity index (χ4v) is 4.69. The minimum Gasteiger partial charge on any atom is -0.386 e. The number of benzene rings is 1. The van der Waals surface area contributed by atoms with Gasteiger partial charge in [-0.05, 0) is 38.1 Å². The van der Waals surface area contributed by atoms with E-state index in [1.165, 1.54) is 34.0 Å². The summed E-state index contributed by atoms with van der Waals surface area (Å²) in [5.74, 6) is -0.967. The van der Waals surface area contributed by atoms with Gasteiger partial charge in [0.25, 0.3) is 5.91 Å². The summed E-state index contributed by atoms with van der Waals surface area (Å²) in [7, 11) is 0. The summed E-state index contributed by atoms with van der Waals surface area (Å²) in [5.41, 5.74) is -2.50. The molecule has 35 heavy (non-hydrogen) atoms. The highest BCUT2D eigenvalue weighted by Gasteiger charge is 2.41. The molecule has 1 N–H and O–H groups in total. The van der Waals surface area contributed by atoms with Crippen molar-refractivity contribution in [1.29, 1.82) is 0 Å². The minimum absolute atomic E-state index is 0.0342. The molecule has 182 valence electrons. The molecule has 12 heteroatoms. The van der Waals surface area contributed by atoms with Crippen LogP contribution in [0.1, 0.15) is 53.0 Å². The van der Waals surface area contributed by atoms with Gasteiger partial charge in [0.2, 0.25) is 0 Å². The van der Waals surface area contributed by atoms with E-state index in [1.807, 2.05) is 0 Å². The number of amides is 1. The molecule has 1 saturated heterocycles. The van der Waals surface area contributed by atoms with Crippen molar-refractivity contribution < 1.29 is 27.5 Å². The van der Waals surface area contributed by atoms with Gasteiger partial charge in [-0.15, -0.1) is 0 Å². The number of β-amino-alcohol motifs (C(OH)–C–C–N with tert-alkyl or cyclic N) is 1. The number of hydrogen-bond acceptors (Lipinski definition) is 5. The van der Waals surface area contributed by atoms with E-state index in [-0.39, 0.29) is 47.3 Å². The Morgan fingerprint density at radius 3 is 2.60 bits per heavy atom. The van der Waals surface area contributed by atoms with Gasteiger partial charge < -0.3 is 14.6 Å². The molecule has 1 fully saturated rings. The molecule has 5 rings (SSSR count). The summed E-state index contributed by atoms with van der Waals surface area (Å²) < 4.78 is 57.3. The van der Waals surface area contributed by atoms with Gasteiger partial charge in [-0.3, -0.25) is 14.8 Å². The van der Waals surface area contributed by atoms with E-state index in [2.05, 4.69) is 15.0 Å². The molecule has 2 aliphatic heterocycles. The third-order valence-corrected chi connectivity index (χ3v) is 6.30. The van der Waals surface area contributed by atoms with Gasteiger partial charge in [-0.2, -0.15) is 13.2 Å². The molecule has 3 aromatic rings. The van der Waals surface area contributed by atoms with Crippen LogP contribution in [0.15, 0.2) is 41.7 Å². The van der Waals surface area contributed by atoms with Gasteiger partial charge in [-0.25, -0.2) is 9.37 Å². The Balaban J connectivity index is 1.72. The molecule has 1 atom stereocenters. The molecule has 0 bridgehead atoms. The number of pyridine rings is 1. The zero-order valence-electron chi connectivity index (χ0n) is 18.4. The van der Waals surface area contributed by atoms with Crippen LogP contribution in [0.5, 0.6) is 0 Å². The van der Waals surface area contributed by atoms with Crippen LogP contribution in [0.2, 0.25) is 5.02 Å². The number of aliphatic hydroxyl groups is 1. The fraction of sp³-hybridized carbons (Fsp3) is 0.304. The Morgan fingerprint density at radius 1 is 1.26 bits per heavy atom. The average molecular weight is 508 g/mol.